The van der Waals surface area contributed by atoms with Crippen molar-refractivity contribution in [2.45, 2.75) is 6.42 Å². The molecule has 0 atom stereocenters. The van der Waals surface area contributed by atoms with Crippen molar-refractivity contribution >= 4 is 23.6 Å². The van der Waals surface area contributed by atoms with Gasteiger partial charge in [0.1, 0.15) is 6.54 Å². The quantitative estimate of drug-likeness (QED) is 0.783. The van der Waals surface area contributed by atoms with Crippen LogP contribution in [0.5, 0.6) is 0 Å². The molecule has 0 aromatic heterocycles. The van der Waals surface area contributed by atoms with Gasteiger partial charge in [-0.15, -0.1) is 0 Å². The van der Waals surface area contributed by atoms with Crippen LogP contribution >= 0.6 is 0 Å². The van der Waals surface area contributed by atoms with Gasteiger partial charge in [0.05, 0.1) is 0 Å². The molecule has 2 N–H and O–H groups in total. The van der Waals surface area contributed by atoms with E-state index in [2.05, 4.69) is 5.32 Å². The summed E-state index contributed by atoms with van der Waals surface area (Å²) in [5.41, 5.74) is 2.14. The average molecular weight is 367 g/mol. The Morgan fingerprint density at radius 1 is 1.07 bits per heavy atom. The lowest BCUT2D eigenvalue weighted by Gasteiger charge is -2.21. The fraction of sp³-hybridized carbons (Fsp3) is 0.250. The van der Waals surface area contributed by atoms with Crippen molar-refractivity contribution in [3.8, 4) is 0 Å². The van der Waals surface area contributed by atoms with E-state index in [4.69, 9.17) is 5.11 Å². The van der Waals surface area contributed by atoms with Crippen LogP contribution in [-0.2, 0) is 11.2 Å². The van der Waals surface area contributed by atoms with Crippen molar-refractivity contribution in [1.29, 1.82) is 0 Å². The van der Waals surface area contributed by atoms with Crippen molar-refractivity contribution in [2.75, 3.05) is 31.1 Å². The summed E-state index contributed by atoms with van der Waals surface area (Å²) < 4.78 is 0. The van der Waals surface area contributed by atoms with Crippen molar-refractivity contribution in [2.24, 2.45) is 0 Å². The van der Waals surface area contributed by atoms with Crippen LogP contribution in [0.25, 0.3) is 0 Å². The molecule has 140 valence electrons. The molecule has 0 spiro atoms. The highest BCUT2D eigenvalue weighted by Gasteiger charge is 2.22. The summed E-state index contributed by atoms with van der Waals surface area (Å²) in [7, 11) is 0. The third kappa shape index (κ3) is 4.63. The Labute approximate surface area is 157 Å². The van der Waals surface area contributed by atoms with E-state index >= 15 is 0 Å². The normalized spacial score (nSPS) is 13.3. The van der Waals surface area contributed by atoms with Gasteiger partial charge in [-0.1, -0.05) is 30.3 Å². The first-order valence-electron chi connectivity index (χ1n) is 8.75. The Morgan fingerprint density at radius 3 is 2.37 bits per heavy atom. The lowest BCUT2D eigenvalue weighted by molar-refractivity contribution is -0.137. The van der Waals surface area contributed by atoms with Crippen LogP contribution in [-0.4, -0.2) is 54.1 Å². The minimum atomic E-state index is -1.05. The van der Waals surface area contributed by atoms with Gasteiger partial charge < -0.3 is 15.3 Å². The summed E-state index contributed by atoms with van der Waals surface area (Å²) >= 11 is 0. The van der Waals surface area contributed by atoms with E-state index in [9.17, 15) is 14.4 Å². The molecular formula is C20H21N3O4. The van der Waals surface area contributed by atoms with Gasteiger partial charge >= 0.3 is 12.0 Å². The predicted octanol–water partition coefficient (Wildman–Crippen LogP) is 1.99. The lowest BCUT2D eigenvalue weighted by atomic mass is 10.1. The summed E-state index contributed by atoms with van der Waals surface area (Å²) in [6.07, 6.45) is 0.575. The molecule has 1 saturated heterocycles. The van der Waals surface area contributed by atoms with E-state index in [-0.39, 0.29) is 18.5 Å². The molecule has 1 aliphatic heterocycles. The maximum atomic E-state index is 12.8. The molecular weight excluding hydrogens is 346 g/mol. The van der Waals surface area contributed by atoms with Gasteiger partial charge in [0.15, 0.2) is 0 Å². The highest BCUT2D eigenvalue weighted by molar-refractivity contribution is 5.97. The highest BCUT2D eigenvalue weighted by atomic mass is 16.4. The number of benzene rings is 2. The largest absolute Gasteiger partial charge is 0.480 e. The Hall–Kier alpha value is -3.35. The minimum absolute atomic E-state index is 0.163. The number of amides is 3. The zero-order valence-electron chi connectivity index (χ0n) is 14.8. The average Bonchev–Trinajstić information content (AvgIpc) is 3.11. The molecule has 1 fully saturated rings. The molecule has 3 rings (SSSR count). The van der Waals surface area contributed by atoms with Crippen LogP contribution in [0.2, 0.25) is 0 Å². The number of aliphatic carboxylic acids is 1. The number of carbonyl (C=O) groups excluding carboxylic acids is 2. The van der Waals surface area contributed by atoms with Gasteiger partial charge in [0, 0.05) is 30.9 Å². The molecule has 0 unspecified atom stereocenters. The van der Waals surface area contributed by atoms with Gasteiger partial charge in [-0.2, -0.15) is 0 Å². The Morgan fingerprint density at radius 2 is 1.78 bits per heavy atom. The molecule has 0 saturated carbocycles. The molecule has 27 heavy (non-hydrogen) atoms. The van der Waals surface area contributed by atoms with Crippen molar-refractivity contribution in [1.82, 2.24) is 10.2 Å². The lowest BCUT2D eigenvalue weighted by Crippen LogP contribution is -2.37. The summed E-state index contributed by atoms with van der Waals surface area (Å²) in [4.78, 5) is 38.6. The van der Waals surface area contributed by atoms with Gasteiger partial charge in [-0.25, -0.2) is 4.79 Å². The van der Waals surface area contributed by atoms with Crippen LogP contribution in [0.4, 0.5) is 10.5 Å². The molecule has 1 heterocycles. The smallest absolute Gasteiger partial charge is 0.323 e. The Kier molecular flexibility index (Phi) is 5.71. The van der Waals surface area contributed by atoms with Crippen LogP contribution in [0.3, 0.4) is 0 Å². The second-order valence-corrected chi connectivity index (χ2v) is 6.29. The molecule has 0 bridgehead atoms. The first-order chi connectivity index (χ1) is 13.0. The van der Waals surface area contributed by atoms with Gasteiger partial charge in [-0.3, -0.25) is 14.5 Å². The van der Waals surface area contributed by atoms with Crippen molar-refractivity contribution < 1.29 is 19.5 Å². The third-order valence-corrected chi connectivity index (χ3v) is 4.41. The van der Waals surface area contributed by atoms with E-state index in [0.29, 0.717) is 37.3 Å². The molecule has 1 aliphatic rings. The first kappa shape index (κ1) is 18.4. The number of rotatable bonds is 7. The Bertz CT molecular complexity index is 821. The molecule has 2 aromatic carbocycles. The topological polar surface area (TPSA) is 89.9 Å². The first-order valence-corrected chi connectivity index (χ1v) is 8.75. The maximum Gasteiger partial charge on any atom is 0.323 e. The van der Waals surface area contributed by atoms with E-state index in [1.54, 1.807) is 29.2 Å². The van der Waals surface area contributed by atoms with Crippen LogP contribution in [0, 0.1) is 0 Å². The second-order valence-electron chi connectivity index (χ2n) is 6.29. The van der Waals surface area contributed by atoms with E-state index in [0.717, 1.165) is 5.56 Å². The zero-order chi connectivity index (χ0) is 19.2. The number of nitrogens with zero attached hydrogens (tertiary/aromatic N) is 2. The van der Waals surface area contributed by atoms with E-state index in [1.807, 2.05) is 30.3 Å². The molecule has 3 amide bonds. The van der Waals surface area contributed by atoms with Crippen molar-refractivity contribution in [3.05, 3.63) is 65.7 Å². The second kappa shape index (κ2) is 8.35. The number of nitrogens with one attached hydrogen (secondary N) is 1. The van der Waals surface area contributed by atoms with Crippen LogP contribution in [0.15, 0.2) is 54.6 Å². The fourth-order valence-electron chi connectivity index (χ4n) is 3.01. The molecule has 7 nitrogen and oxygen atoms in total. The van der Waals surface area contributed by atoms with Gasteiger partial charge in [-0.05, 0) is 36.2 Å². The molecule has 7 heteroatoms. The van der Waals surface area contributed by atoms with Gasteiger partial charge in [0.25, 0.3) is 5.91 Å². The number of hydrogen-bond donors (Lipinski definition) is 2. The predicted molar refractivity (Wildman–Crippen MR) is 101 cm³/mol. The monoisotopic (exact) mass is 367 g/mol. The standard InChI is InChI=1S/C20H21N3O4/c24-18(25)14-22(12-10-15-4-2-1-3-5-15)19(26)16-6-8-17(9-7-16)23-13-11-21-20(23)27/h1-9H,10-14H2,(H,21,27)(H,24,25). The number of hydrogen-bond acceptors (Lipinski definition) is 3. The van der Waals surface area contributed by atoms with E-state index < -0.39 is 5.97 Å². The molecule has 0 aliphatic carbocycles. The summed E-state index contributed by atoms with van der Waals surface area (Å²) in [6, 6.07) is 16.1. The number of carboxylic acids is 1. The summed E-state index contributed by atoms with van der Waals surface area (Å²) in [5, 5.41) is 11.9. The summed E-state index contributed by atoms with van der Waals surface area (Å²) in [6.45, 7) is 1.12. The van der Waals surface area contributed by atoms with Crippen molar-refractivity contribution in [3.63, 3.8) is 0 Å². The SMILES string of the molecule is O=C(O)CN(CCc1ccccc1)C(=O)c1ccc(N2CCNC2=O)cc1. The molecule has 0 radical (unpaired) electrons. The van der Waals surface area contributed by atoms with Crippen LogP contribution < -0.4 is 10.2 Å². The summed E-state index contributed by atoms with van der Waals surface area (Å²) in [5.74, 6) is -1.40. The molecule has 2 aromatic rings. The maximum absolute atomic E-state index is 12.8. The Balaban J connectivity index is 1.70. The van der Waals surface area contributed by atoms with Gasteiger partial charge in [0.2, 0.25) is 0 Å². The van der Waals surface area contributed by atoms with Crippen LogP contribution in [0.1, 0.15) is 15.9 Å². The number of carboxylic acid groups (broad SMARTS) is 1. The number of carbonyl (C=O) groups is 3. The fourth-order valence-corrected chi connectivity index (χ4v) is 3.01. The minimum Gasteiger partial charge on any atom is -0.480 e. The third-order valence-electron chi connectivity index (χ3n) is 4.41. The highest BCUT2D eigenvalue weighted by Crippen LogP contribution is 2.18. The number of urea groups is 1. The van der Waals surface area contributed by atoms with E-state index in [1.165, 1.54) is 4.90 Å². The zero-order valence-corrected chi connectivity index (χ0v) is 14.8. The number of anilines is 1.